The van der Waals surface area contributed by atoms with E-state index in [9.17, 15) is 8.78 Å². The molecule has 0 amide bonds. The molecule has 22 heavy (non-hydrogen) atoms. The molecule has 0 fully saturated rings. The largest absolute Gasteiger partial charge is 0.247 e. The lowest BCUT2D eigenvalue weighted by Gasteiger charge is -2.11. The third-order valence-corrected chi connectivity index (χ3v) is 4.01. The summed E-state index contributed by atoms with van der Waals surface area (Å²) in [7, 11) is 0. The molecule has 0 aliphatic rings. The molecule has 110 valence electrons. The van der Waals surface area contributed by atoms with Crippen LogP contribution in [0.5, 0.6) is 0 Å². The van der Waals surface area contributed by atoms with Crippen LogP contribution in [-0.2, 0) is 5.33 Å². The molecule has 0 saturated heterocycles. The van der Waals surface area contributed by atoms with Gasteiger partial charge in [-0.25, -0.2) is 13.8 Å². The van der Waals surface area contributed by atoms with Crippen LogP contribution in [0.15, 0.2) is 60.7 Å². The van der Waals surface area contributed by atoms with E-state index in [1.165, 1.54) is 12.1 Å². The number of nitrogens with zero attached hydrogens (tertiary/aromatic N) is 1. The van der Waals surface area contributed by atoms with Gasteiger partial charge in [0.15, 0.2) is 0 Å². The standard InChI is InChI=1S/C18H12BrF2N/c19-11-12-9-10-17(13-5-1-3-7-15(13)20)22-18(12)14-6-2-4-8-16(14)21/h1-10H,11H2. The zero-order chi connectivity index (χ0) is 15.5. The fourth-order valence-corrected chi connectivity index (χ4v) is 2.75. The minimum absolute atomic E-state index is 0.345. The molecule has 0 aliphatic heterocycles. The second-order valence-corrected chi connectivity index (χ2v) is 5.36. The zero-order valence-corrected chi connectivity index (χ0v) is 13.1. The fraction of sp³-hybridized carbons (Fsp3) is 0.0556. The van der Waals surface area contributed by atoms with Gasteiger partial charge in [0.25, 0.3) is 0 Å². The highest BCUT2D eigenvalue weighted by molar-refractivity contribution is 9.08. The quantitative estimate of drug-likeness (QED) is 0.555. The predicted molar refractivity (Wildman–Crippen MR) is 87.7 cm³/mol. The van der Waals surface area contributed by atoms with Crippen LogP contribution >= 0.6 is 15.9 Å². The van der Waals surface area contributed by atoms with Crippen LogP contribution in [-0.4, -0.2) is 4.98 Å². The van der Waals surface area contributed by atoms with Gasteiger partial charge < -0.3 is 0 Å². The molecule has 0 N–H and O–H groups in total. The van der Waals surface area contributed by atoms with E-state index in [4.69, 9.17) is 0 Å². The highest BCUT2D eigenvalue weighted by Crippen LogP contribution is 2.30. The van der Waals surface area contributed by atoms with Gasteiger partial charge in [-0.05, 0) is 35.9 Å². The van der Waals surface area contributed by atoms with Gasteiger partial charge in [0.05, 0.1) is 11.4 Å². The van der Waals surface area contributed by atoms with Crippen LogP contribution in [0.1, 0.15) is 5.56 Å². The summed E-state index contributed by atoms with van der Waals surface area (Å²) in [6.07, 6.45) is 0. The minimum atomic E-state index is -0.346. The number of halogens is 3. The van der Waals surface area contributed by atoms with Gasteiger partial charge in [-0.2, -0.15) is 0 Å². The van der Waals surface area contributed by atoms with Crippen molar-refractivity contribution in [2.24, 2.45) is 0 Å². The van der Waals surface area contributed by atoms with Crippen LogP contribution in [0.3, 0.4) is 0 Å². The van der Waals surface area contributed by atoms with E-state index in [2.05, 4.69) is 20.9 Å². The Kier molecular flexibility index (Phi) is 4.29. The first-order chi connectivity index (χ1) is 10.7. The molecule has 2 aromatic carbocycles. The molecule has 0 atom stereocenters. The molecule has 0 saturated carbocycles. The molecular formula is C18H12BrF2N. The minimum Gasteiger partial charge on any atom is -0.247 e. The number of hydrogen-bond donors (Lipinski definition) is 0. The van der Waals surface area contributed by atoms with Crippen molar-refractivity contribution in [3.05, 3.63) is 77.9 Å². The highest BCUT2D eigenvalue weighted by Gasteiger charge is 2.13. The van der Waals surface area contributed by atoms with Gasteiger partial charge in [-0.3, -0.25) is 0 Å². The van der Waals surface area contributed by atoms with Crippen molar-refractivity contribution in [3.8, 4) is 22.5 Å². The van der Waals surface area contributed by atoms with Gasteiger partial charge in [0, 0.05) is 16.5 Å². The molecule has 1 nitrogen and oxygen atoms in total. The smallest absolute Gasteiger partial charge is 0.132 e. The predicted octanol–water partition coefficient (Wildman–Crippen LogP) is 5.59. The molecule has 0 spiro atoms. The highest BCUT2D eigenvalue weighted by atomic mass is 79.9. The lowest BCUT2D eigenvalue weighted by molar-refractivity contribution is 0.630. The first kappa shape index (κ1) is 14.9. The number of hydrogen-bond acceptors (Lipinski definition) is 1. The molecular weight excluding hydrogens is 348 g/mol. The average Bonchev–Trinajstić information content (AvgIpc) is 2.55. The number of aromatic nitrogens is 1. The van der Waals surface area contributed by atoms with E-state index in [1.54, 1.807) is 42.5 Å². The molecule has 0 radical (unpaired) electrons. The van der Waals surface area contributed by atoms with Crippen LogP contribution in [0.25, 0.3) is 22.5 Å². The summed E-state index contributed by atoms with van der Waals surface area (Å²) in [4.78, 5) is 4.50. The number of benzene rings is 2. The van der Waals surface area contributed by atoms with Crippen molar-refractivity contribution < 1.29 is 8.78 Å². The molecule has 0 aliphatic carbocycles. The van der Waals surface area contributed by atoms with Crippen LogP contribution < -0.4 is 0 Å². The summed E-state index contributed by atoms with van der Waals surface area (Å²) in [6.45, 7) is 0. The van der Waals surface area contributed by atoms with Crippen LogP contribution in [0.2, 0.25) is 0 Å². The van der Waals surface area contributed by atoms with E-state index in [0.717, 1.165) is 5.56 Å². The molecule has 3 aromatic rings. The Morgan fingerprint density at radius 2 is 1.36 bits per heavy atom. The number of alkyl halides is 1. The van der Waals surface area contributed by atoms with Crippen LogP contribution in [0.4, 0.5) is 8.78 Å². The van der Waals surface area contributed by atoms with Crippen LogP contribution in [0, 0.1) is 11.6 Å². The maximum absolute atomic E-state index is 14.1. The van der Waals surface area contributed by atoms with Gasteiger partial charge in [-0.1, -0.05) is 46.3 Å². The Morgan fingerprint density at radius 3 is 1.95 bits per heavy atom. The Hall–Kier alpha value is -2.07. The second-order valence-electron chi connectivity index (χ2n) is 4.80. The van der Waals surface area contributed by atoms with E-state index in [-0.39, 0.29) is 11.6 Å². The van der Waals surface area contributed by atoms with Crippen molar-refractivity contribution in [3.63, 3.8) is 0 Å². The van der Waals surface area contributed by atoms with Gasteiger partial charge in [0.2, 0.25) is 0 Å². The van der Waals surface area contributed by atoms with E-state index in [1.807, 2.05) is 6.07 Å². The second kappa shape index (κ2) is 6.36. The monoisotopic (exact) mass is 359 g/mol. The Morgan fingerprint density at radius 1 is 0.773 bits per heavy atom. The normalized spacial score (nSPS) is 10.7. The van der Waals surface area contributed by atoms with Crippen molar-refractivity contribution in [1.29, 1.82) is 0 Å². The zero-order valence-electron chi connectivity index (χ0n) is 11.6. The average molecular weight is 360 g/mol. The summed E-state index contributed by atoms with van der Waals surface area (Å²) in [5.41, 5.74) is 2.68. The third-order valence-electron chi connectivity index (χ3n) is 3.40. The Balaban J connectivity index is 2.20. The SMILES string of the molecule is Fc1ccccc1-c1ccc(CBr)c(-c2ccccc2F)n1. The molecule has 0 unspecified atom stereocenters. The summed E-state index contributed by atoms with van der Waals surface area (Å²) in [5, 5.41) is 0.543. The first-order valence-corrected chi connectivity index (χ1v) is 7.88. The molecule has 1 heterocycles. The van der Waals surface area contributed by atoms with Gasteiger partial charge in [-0.15, -0.1) is 0 Å². The maximum atomic E-state index is 14.1. The van der Waals surface area contributed by atoms with Gasteiger partial charge >= 0.3 is 0 Å². The molecule has 0 bridgehead atoms. The van der Waals surface area contributed by atoms with E-state index >= 15 is 0 Å². The summed E-state index contributed by atoms with van der Waals surface area (Å²) in [6, 6.07) is 16.5. The third kappa shape index (κ3) is 2.79. The molecule has 1 aromatic heterocycles. The maximum Gasteiger partial charge on any atom is 0.132 e. The topological polar surface area (TPSA) is 12.9 Å². The first-order valence-electron chi connectivity index (χ1n) is 6.76. The Bertz CT molecular complexity index is 818. The van der Waals surface area contributed by atoms with Gasteiger partial charge in [0.1, 0.15) is 11.6 Å². The van der Waals surface area contributed by atoms with Crippen molar-refractivity contribution >= 4 is 15.9 Å². The fourth-order valence-electron chi connectivity index (χ4n) is 2.30. The summed E-state index contributed by atoms with van der Waals surface area (Å²) < 4.78 is 28.0. The number of pyridine rings is 1. The lowest BCUT2D eigenvalue weighted by atomic mass is 10.0. The lowest BCUT2D eigenvalue weighted by Crippen LogP contribution is -1.96. The molecule has 4 heteroatoms. The van der Waals surface area contributed by atoms with E-state index in [0.29, 0.717) is 27.8 Å². The summed E-state index contributed by atoms with van der Waals surface area (Å²) >= 11 is 3.39. The summed E-state index contributed by atoms with van der Waals surface area (Å²) in [5.74, 6) is -0.691. The van der Waals surface area contributed by atoms with Crippen molar-refractivity contribution in [2.75, 3.05) is 0 Å². The Labute approximate surface area is 135 Å². The van der Waals surface area contributed by atoms with E-state index < -0.39 is 0 Å². The van der Waals surface area contributed by atoms with Crippen molar-refractivity contribution in [1.82, 2.24) is 4.98 Å². The number of rotatable bonds is 3. The molecule has 3 rings (SSSR count). The van der Waals surface area contributed by atoms with Crippen molar-refractivity contribution in [2.45, 2.75) is 5.33 Å².